The van der Waals surface area contributed by atoms with E-state index in [9.17, 15) is 30.6 Å². The van der Waals surface area contributed by atoms with Crippen LogP contribution in [0.15, 0.2) is 152 Å². The Hall–Kier alpha value is -7.72. The zero-order valence-electron chi connectivity index (χ0n) is 53.1. The molecule has 8 aromatic rings. The zero-order chi connectivity index (χ0) is 68.3. The number of fused-ring (bicyclic) bond motifs is 4. The molecule has 0 aromatic heterocycles. The molecule has 8 aromatic carbocycles. The molecular formula is C73H78Cl4N8O7S4. The highest BCUT2D eigenvalue weighted by Crippen LogP contribution is 2.38. The van der Waals surface area contributed by atoms with Gasteiger partial charge in [0.05, 0.1) is 12.1 Å². The van der Waals surface area contributed by atoms with Crippen LogP contribution >= 0.6 is 95.3 Å². The Balaban J connectivity index is 0.000000150. The van der Waals surface area contributed by atoms with Crippen LogP contribution in [0, 0.1) is 0 Å². The average molecular weight is 1450 g/mol. The van der Waals surface area contributed by atoms with Crippen molar-refractivity contribution in [2.75, 3.05) is 52.9 Å². The first-order valence-electron chi connectivity index (χ1n) is 31.6. The van der Waals surface area contributed by atoms with Crippen LogP contribution in [-0.4, -0.2) is 124 Å². The Kier molecular flexibility index (Phi) is 26.8. The Bertz CT molecular complexity index is 4010. The summed E-state index contributed by atoms with van der Waals surface area (Å²) in [6.07, 6.45) is 6.70. The fraction of sp³-hybridized carbons (Fsp3) is 0.288. The van der Waals surface area contributed by atoms with Gasteiger partial charge in [-0.05, 0) is 211 Å². The summed E-state index contributed by atoms with van der Waals surface area (Å²) in [5.41, 5.74) is 12.6. The Labute approximate surface area is 603 Å². The minimum atomic E-state index is -0.0689. The molecule has 0 radical (unpaired) electrons. The lowest BCUT2D eigenvalue weighted by Gasteiger charge is -2.31. The molecule has 15 nitrogen and oxygen atoms in total. The maximum absolute atomic E-state index is 10.2. The molecule has 12 rings (SSSR count). The third kappa shape index (κ3) is 20.2. The number of rotatable bonds is 12. The molecule has 4 heterocycles. The molecule has 0 saturated carbocycles. The van der Waals surface area contributed by atoms with Gasteiger partial charge in [-0.15, -0.1) is 0 Å². The van der Waals surface area contributed by atoms with Crippen molar-refractivity contribution in [3.05, 3.63) is 239 Å². The number of thiocarbonyl (C=S) groups is 4. The van der Waals surface area contributed by atoms with Gasteiger partial charge in [0.2, 0.25) is 0 Å². The number of methoxy groups -OCH3 is 1. The number of ether oxygens (including phenoxy) is 1. The number of nitrogens with zero attached hydrogens (tertiary/aromatic N) is 4. The van der Waals surface area contributed by atoms with E-state index in [1.807, 2.05) is 109 Å². The molecule has 0 spiro atoms. The first-order chi connectivity index (χ1) is 46.3. The van der Waals surface area contributed by atoms with Gasteiger partial charge >= 0.3 is 0 Å². The molecule has 0 atom stereocenters. The van der Waals surface area contributed by atoms with Crippen molar-refractivity contribution in [1.82, 2.24) is 40.9 Å². The molecule has 4 aliphatic heterocycles. The summed E-state index contributed by atoms with van der Waals surface area (Å²) in [4.78, 5) is 8.40. The minimum Gasteiger partial charge on any atom is -0.506 e. The maximum Gasteiger partial charge on any atom is 0.169 e. The summed E-state index contributed by atoms with van der Waals surface area (Å²) in [6, 6.07) is 47.8. The number of hydrogen-bond donors (Lipinski definition) is 10. The third-order valence-corrected chi connectivity index (χ3v) is 19.8. The SMILES string of the molecule is COc1ccc2c(c1O)CCN(C(=S)NCCc1ccccc1)C2.Oc1ccc2c(c1Cl)CN(C(=S)NCCc1ccc(Cl)cc1)CCC2.Oc1ccc2c(c1O)CCN(C(=S)NCCc1cccc(Cl)c1)C2.Oc1ccc2c(c1O)CCN(C(=S)NCc1ccc(Cl)cc1)C2. The van der Waals surface area contributed by atoms with Gasteiger partial charge in [-0.3, -0.25) is 0 Å². The second-order valence-electron chi connectivity index (χ2n) is 23.4. The lowest BCUT2D eigenvalue weighted by molar-refractivity contribution is 0.351. The van der Waals surface area contributed by atoms with Crippen LogP contribution in [0.5, 0.6) is 40.2 Å². The molecule has 504 valence electrons. The first kappa shape index (κ1) is 72.5. The van der Waals surface area contributed by atoms with Gasteiger partial charge in [0, 0.05) is 110 Å². The summed E-state index contributed by atoms with van der Waals surface area (Å²) in [5.74, 6) is 0.770. The highest BCUT2D eigenvalue weighted by molar-refractivity contribution is 7.80. The van der Waals surface area contributed by atoms with E-state index in [-0.39, 0.29) is 34.5 Å². The smallest absolute Gasteiger partial charge is 0.169 e. The highest BCUT2D eigenvalue weighted by atomic mass is 35.5. The van der Waals surface area contributed by atoms with Gasteiger partial charge in [0.25, 0.3) is 0 Å². The predicted molar refractivity (Wildman–Crippen MR) is 402 cm³/mol. The quantitative estimate of drug-likeness (QED) is 0.0410. The predicted octanol–water partition coefficient (Wildman–Crippen LogP) is 13.9. The second kappa shape index (κ2) is 35.5. The fourth-order valence-corrected chi connectivity index (χ4v) is 13.4. The molecule has 0 unspecified atom stereocenters. The first-order valence-corrected chi connectivity index (χ1v) is 34.8. The average Bonchev–Trinajstić information content (AvgIpc) is 0.888. The monoisotopic (exact) mass is 1450 g/mol. The number of nitrogens with one attached hydrogen (secondary N) is 4. The van der Waals surface area contributed by atoms with Crippen molar-refractivity contribution in [1.29, 1.82) is 0 Å². The highest BCUT2D eigenvalue weighted by Gasteiger charge is 2.26. The lowest BCUT2D eigenvalue weighted by atomic mass is 9.98. The van der Waals surface area contributed by atoms with Crippen molar-refractivity contribution in [3.8, 4) is 40.2 Å². The van der Waals surface area contributed by atoms with E-state index >= 15 is 0 Å². The van der Waals surface area contributed by atoms with E-state index in [0.29, 0.717) is 84.7 Å². The van der Waals surface area contributed by atoms with Crippen LogP contribution in [0.4, 0.5) is 0 Å². The van der Waals surface area contributed by atoms with E-state index in [2.05, 4.69) is 65.1 Å². The van der Waals surface area contributed by atoms with Gasteiger partial charge in [0.1, 0.15) is 5.75 Å². The number of aromatic hydroxyl groups is 6. The molecule has 0 fully saturated rings. The molecule has 10 N–H and O–H groups in total. The van der Waals surface area contributed by atoms with E-state index in [1.54, 1.807) is 13.2 Å². The Morgan fingerprint density at radius 3 is 1.33 bits per heavy atom. The summed E-state index contributed by atoms with van der Waals surface area (Å²) < 4.78 is 5.18. The number of phenolic OH excluding ortho intramolecular Hbond substituents is 6. The van der Waals surface area contributed by atoms with Crippen molar-refractivity contribution in [2.24, 2.45) is 0 Å². The molecular weight excluding hydrogens is 1370 g/mol. The summed E-state index contributed by atoms with van der Waals surface area (Å²) in [7, 11) is 1.57. The normalized spacial score (nSPS) is 13.6. The Morgan fingerprint density at radius 1 is 0.396 bits per heavy atom. The van der Waals surface area contributed by atoms with Gasteiger partial charge in [-0.2, -0.15) is 0 Å². The van der Waals surface area contributed by atoms with Crippen LogP contribution in [0.25, 0.3) is 0 Å². The summed E-state index contributed by atoms with van der Waals surface area (Å²) in [5, 5.41) is 77.8. The van der Waals surface area contributed by atoms with Crippen LogP contribution < -0.4 is 26.0 Å². The van der Waals surface area contributed by atoms with Crippen molar-refractivity contribution < 1.29 is 35.4 Å². The number of phenols is 6. The topological polar surface area (TPSA) is 192 Å². The molecule has 0 saturated heterocycles. The summed E-state index contributed by atoms with van der Waals surface area (Å²) >= 11 is 46.1. The molecule has 0 amide bonds. The molecule has 0 bridgehead atoms. The largest absolute Gasteiger partial charge is 0.506 e. The fourth-order valence-electron chi connectivity index (χ4n) is 11.7. The third-order valence-electron chi connectivity index (χ3n) is 17.0. The van der Waals surface area contributed by atoms with Crippen LogP contribution in [0.1, 0.15) is 73.2 Å². The van der Waals surface area contributed by atoms with Crippen molar-refractivity contribution in [3.63, 3.8) is 0 Å². The van der Waals surface area contributed by atoms with Crippen LogP contribution in [0.3, 0.4) is 0 Å². The molecule has 0 aliphatic carbocycles. The van der Waals surface area contributed by atoms with Gasteiger partial charge < -0.3 is 76.2 Å². The van der Waals surface area contributed by atoms with E-state index < -0.39 is 0 Å². The van der Waals surface area contributed by atoms with E-state index in [4.69, 9.17) is 100 Å². The molecule has 96 heavy (non-hydrogen) atoms. The van der Waals surface area contributed by atoms with E-state index in [1.165, 1.54) is 34.4 Å². The van der Waals surface area contributed by atoms with Crippen LogP contribution in [-0.2, 0) is 77.7 Å². The zero-order valence-corrected chi connectivity index (χ0v) is 59.4. The summed E-state index contributed by atoms with van der Waals surface area (Å²) in [6.45, 7) is 8.63. The van der Waals surface area contributed by atoms with Gasteiger partial charge in [-0.25, -0.2) is 0 Å². The second-order valence-corrected chi connectivity index (χ2v) is 26.7. The standard InChI is InChI=1S/C19H20Cl2N2OS.C19H22N2O2S.C18H19ClN2O2S.C17H17ClN2O2S/c20-15-6-3-13(4-7-15)9-10-22-19(25)23-11-1-2-14-5-8-17(24)18(21)16(14)12-23;1-23-17-8-7-15-13-21(12-10-16(15)18(17)22)19(24)20-11-9-14-5-3-2-4-6-14;19-14-3-1-2-12(10-14)6-8-20-18(24)21-9-7-15-13(11-21)4-5-16(22)17(15)23;18-13-4-1-11(2-5-13)9-19-17(23)20-8-7-14-12(10-20)3-6-15(21)16(14)22/h3-8,24H,1-2,9-12H2,(H,22,25);2-8,22H,9-13H2,1H3,(H,20,24);1-5,10,22-23H,6-9,11H2,(H,20,24);1-6,21-22H,7-10H2,(H,19,23). The molecule has 23 heteroatoms. The number of halogens is 4. The molecule has 4 aliphatic rings. The van der Waals surface area contributed by atoms with Crippen molar-refractivity contribution >= 4 is 116 Å². The van der Waals surface area contributed by atoms with E-state index in [0.717, 1.165) is 136 Å². The maximum atomic E-state index is 10.2. The van der Waals surface area contributed by atoms with Crippen molar-refractivity contribution in [2.45, 2.75) is 84.1 Å². The number of aryl methyl sites for hydroxylation is 1. The number of hydrogen-bond acceptors (Lipinski definition) is 11. The minimum absolute atomic E-state index is 0.00742. The van der Waals surface area contributed by atoms with Gasteiger partial charge in [-0.1, -0.05) is 137 Å². The lowest BCUT2D eigenvalue weighted by Crippen LogP contribution is -2.43. The van der Waals surface area contributed by atoms with Gasteiger partial charge in [0.15, 0.2) is 54.9 Å². The number of benzene rings is 8. The Morgan fingerprint density at radius 2 is 0.823 bits per heavy atom. The van der Waals surface area contributed by atoms with Crippen LogP contribution in [0.2, 0.25) is 20.1 Å².